The SMILES string of the molecule is COc1ccc(-c2ccc(C3C=CC=CC4=C3C([SiH]3CCCC5C(C)=C3C3=C5C=CC=CC3c3ccc(-c5ccc(OC)cc5)cc3)=C(C)C4)cc2)cc1. The number of rotatable bonds is 7. The van der Waals surface area contributed by atoms with Crippen LogP contribution in [0.25, 0.3) is 22.3 Å². The van der Waals surface area contributed by atoms with Gasteiger partial charge >= 0.3 is 0 Å². The molecule has 4 unspecified atom stereocenters. The molecule has 3 heteroatoms. The van der Waals surface area contributed by atoms with Crippen molar-refractivity contribution in [2.75, 3.05) is 14.2 Å². The van der Waals surface area contributed by atoms with Gasteiger partial charge in [-0.25, -0.2) is 0 Å². The van der Waals surface area contributed by atoms with Crippen molar-refractivity contribution in [3.63, 3.8) is 0 Å². The van der Waals surface area contributed by atoms with E-state index in [4.69, 9.17) is 9.47 Å². The van der Waals surface area contributed by atoms with Crippen LogP contribution in [0.3, 0.4) is 0 Å². The predicted molar refractivity (Wildman–Crippen MR) is 228 cm³/mol. The molecule has 1 aliphatic heterocycles. The van der Waals surface area contributed by atoms with Gasteiger partial charge in [-0.3, -0.25) is 0 Å². The Morgan fingerprint density at radius 2 is 1.06 bits per heavy atom. The average Bonchev–Trinajstić information content (AvgIpc) is 3.38. The molecule has 0 aromatic heterocycles. The molecule has 2 bridgehead atoms. The lowest BCUT2D eigenvalue weighted by atomic mass is 9.86. The van der Waals surface area contributed by atoms with E-state index in [-0.39, 0.29) is 11.8 Å². The van der Waals surface area contributed by atoms with Gasteiger partial charge in [0.05, 0.1) is 14.2 Å². The number of allylic oxidation sites excluding steroid dienone is 16. The van der Waals surface area contributed by atoms with Crippen LogP contribution < -0.4 is 9.47 Å². The fourth-order valence-corrected chi connectivity index (χ4v) is 14.4. The third-order valence-electron chi connectivity index (χ3n) is 12.6. The highest BCUT2D eigenvalue weighted by Crippen LogP contribution is 2.55. The summed E-state index contributed by atoms with van der Waals surface area (Å²) in [6, 6.07) is 36.8. The van der Waals surface area contributed by atoms with Gasteiger partial charge in [0.25, 0.3) is 0 Å². The summed E-state index contributed by atoms with van der Waals surface area (Å²) in [6.45, 7) is 4.94. The molecule has 54 heavy (non-hydrogen) atoms. The molecule has 0 saturated heterocycles. The monoisotopic (exact) mass is 720 g/mol. The van der Waals surface area contributed by atoms with E-state index in [0.717, 1.165) is 17.9 Å². The van der Waals surface area contributed by atoms with E-state index in [2.05, 4.69) is 135 Å². The minimum Gasteiger partial charge on any atom is -0.497 e. The first-order valence-corrected chi connectivity index (χ1v) is 21.6. The fourth-order valence-electron chi connectivity index (χ4n) is 9.97. The Morgan fingerprint density at radius 1 is 0.556 bits per heavy atom. The van der Waals surface area contributed by atoms with Crippen LogP contribution in [0, 0.1) is 5.92 Å². The molecule has 5 aliphatic rings. The summed E-state index contributed by atoms with van der Waals surface area (Å²) in [5.41, 5.74) is 17.2. The van der Waals surface area contributed by atoms with Crippen LogP contribution in [0.15, 0.2) is 190 Å². The molecule has 2 nitrogen and oxygen atoms in total. The maximum Gasteiger partial charge on any atom is 0.118 e. The van der Waals surface area contributed by atoms with Crippen molar-refractivity contribution in [2.45, 2.75) is 51.0 Å². The van der Waals surface area contributed by atoms with Crippen molar-refractivity contribution in [3.05, 3.63) is 201 Å². The van der Waals surface area contributed by atoms with Gasteiger partial charge in [-0.2, -0.15) is 0 Å². The van der Waals surface area contributed by atoms with Crippen LogP contribution in [0.2, 0.25) is 6.04 Å². The first-order chi connectivity index (χ1) is 26.5. The van der Waals surface area contributed by atoms with Gasteiger partial charge in [-0.1, -0.05) is 155 Å². The van der Waals surface area contributed by atoms with Gasteiger partial charge < -0.3 is 9.47 Å². The highest BCUT2D eigenvalue weighted by molar-refractivity contribution is 6.76. The predicted octanol–water partition coefficient (Wildman–Crippen LogP) is 12.5. The molecule has 268 valence electrons. The number of benzene rings is 4. The van der Waals surface area contributed by atoms with Crippen molar-refractivity contribution in [3.8, 4) is 33.8 Å². The normalized spacial score (nSPS) is 23.0. The van der Waals surface area contributed by atoms with Crippen LogP contribution in [0.1, 0.15) is 56.1 Å². The zero-order valence-electron chi connectivity index (χ0n) is 31.8. The van der Waals surface area contributed by atoms with Crippen molar-refractivity contribution in [1.29, 1.82) is 0 Å². The van der Waals surface area contributed by atoms with Gasteiger partial charge in [0.1, 0.15) is 20.3 Å². The molecular weight excluding hydrogens is 673 g/mol. The molecule has 0 spiro atoms. The molecule has 4 aliphatic carbocycles. The summed E-state index contributed by atoms with van der Waals surface area (Å²) in [4.78, 5) is 0. The average molecular weight is 721 g/mol. The minimum atomic E-state index is -1.61. The molecule has 0 radical (unpaired) electrons. The molecule has 9 rings (SSSR count). The smallest absolute Gasteiger partial charge is 0.118 e. The molecule has 0 amide bonds. The maximum atomic E-state index is 5.41. The second-order valence-corrected chi connectivity index (χ2v) is 18.3. The first-order valence-electron chi connectivity index (χ1n) is 19.6. The Hall–Kier alpha value is -5.38. The lowest BCUT2D eigenvalue weighted by Gasteiger charge is -2.31. The summed E-state index contributed by atoms with van der Waals surface area (Å²) in [5.74, 6) is 2.78. The van der Waals surface area contributed by atoms with Crippen molar-refractivity contribution in [2.24, 2.45) is 5.92 Å². The molecule has 0 saturated carbocycles. The first kappa shape index (κ1) is 34.4. The largest absolute Gasteiger partial charge is 0.497 e. The number of fused-ring (bicyclic) bond motifs is 3. The third kappa shape index (κ3) is 6.05. The molecule has 0 fully saturated rings. The standard InChI is InChI=1S/C51H48O2Si/c1-33-32-41-10-5-6-11-45(39-19-15-35(16-20-39)37-23-27-42(52-3)28-24-37)48(41)50(33)54-31-9-14-44-34(2)51(54)49-46(12-7-8-13-47(44)49)40-21-17-36(18-22-40)38-25-29-43(53-4)30-26-38/h5-8,10-13,15-30,44-46,54H,9,14,31-32H2,1-4H3. The fraction of sp³-hybridized carbons (Fsp3) is 0.216. The van der Waals surface area contributed by atoms with Crippen LogP contribution in [-0.4, -0.2) is 23.0 Å². The molecule has 4 atom stereocenters. The zero-order chi connectivity index (χ0) is 36.8. The van der Waals surface area contributed by atoms with E-state index in [1.165, 1.54) is 57.8 Å². The Balaban J connectivity index is 1.08. The van der Waals surface area contributed by atoms with E-state index in [9.17, 15) is 0 Å². The molecule has 4 aromatic carbocycles. The Morgan fingerprint density at radius 3 is 1.59 bits per heavy atom. The maximum absolute atomic E-state index is 5.41. The van der Waals surface area contributed by atoms with Crippen LogP contribution in [0.4, 0.5) is 0 Å². The van der Waals surface area contributed by atoms with Gasteiger partial charge in [0.2, 0.25) is 0 Å². The molecule has 1 heterocycles. The van der Waals surface area contributed by atoms with E-state index in [1.807, 2.05) is 24.3 Å². The number of hydrogen-bond acceptors (Lipinski definition) is 2. The van der Waals surface area contributed by atoms with E-state index in [0.29, 0.717) is 5.92 Å². The Bertz CT molecular complexity index is 2340. The van der Waals surface area contributed by atoms with Crippen molar-refractivity contribution >= 4 is 8.80 Å². The van der Waals surface area contributed by atoms with Gasteiger partial charge in [0, 0.05) is 17.8 Å². The van der Waals surface area contributed by atoms with Crippen LogP contribution in [0.5, 0.6) is 11.5 Å². The summed E-state index contributed by atoms with van der Waals surface area (Å²) in [5, 5.41) is 3.49. The summed E-state index contributed by atoms with van der Waals surface area (Å²) >= 11 is 0. The lowest BCUT2D eigenvalue weighted by molar-refractivity contribution is 0.415. The second kappa shape index (κ2) is 14.5. The highest BCUT2D eigenvalue weighted by Gasteiger charge is 2.43. The lowest BCUT2D eigenvalue weighted by Crippen LogP contribution is -2.26. The Labute approximate surface area is 322 Å². The van der Waals surface area contributed by atoms with Crippen LogP contribution in [-0.2, 0) is 0 Å². The van der Waals surface area contributed by atoms with Gasteiger partial charge in [0.15, 0.2) is 0 Å². The second-order valence-electron chi connectivity index (χ2n) is 15.5. The molecule has 0 N–H and O–H groups in total. The summed E-state index contributed by atoms with van der Waals surface area (Å²) in [6.07, 6.45) is 22.6. The highest BCUT2D eigenvalue weighted by atomic mass is 28.3. The van der Waals surface area contributed by atoms with Gasteiger partial charge in [-0.15, -0.1) is 0 Å². The van der Waals surface area contributed by atoms with E-state index < -0.39 is 8.80 Å². The zero-order valence-corrected chi connectivity index (χ0v) is 33.0. The number of ether oxygens (including phenoxy) is 2. The van der Waals surface area contributed by atoms with Crippen molar-refractivity contribution in [1.82, 2.24) is 0 Å². The quantitative estimate of drug-likeness (QED) is 0.177. The number of methoxy groups -OCH3 is 2. The summed E-state index contributed by atoms with van der Waals surface area (Å²) in [7, 11) is 1.83. The topological polar surface area (TPSA) is 18.5 Å². The van der Waals surface area contributed by atoms with E-state index >= 15 is 0 Å². The third-order valence-corrected chi connectivity index (χ3v) is 16.5. The van der Waals surface area contributed by atoms with E-state index in [1.54, 1.807) is 52.5 Å². The summed E-state index contributed by atoms with van der Waals surface area (Å²) < 4.78 is 10.8. The molecule has 4 aromatic rings. The van der Waals surface area contributed by atoms with Gasteiger partial charge in [-0.05, 0) is 107 Å². The minimum absolute atomic E-state index is 0.241. The Kier molecular flexibility index (Phi) is 9.20. The van der Waals surface area contributed by atoms with Crippen molar-refractivity contribution < 1.29 is 9.47 Å². The molecular formula is C51H48O2Si. The number of hydrogen-bond donors (Lipinski definition) is 0. The van der Waals surface area contributed by atoms with Crippen LogP contribution >= 0.6 is 0 Å².